The van der Waals surface area contributed by atoms with Gasteiger partial charge in [0, 0.05) is 47.0 Å². The van der Waals surface area contributed by atoms with Crippen LogP contribution >= 0.6 is 27.3 Å². The lowest BCUT2D eigenvalue weighted by molar-refractivity contribution is 0.00475. The molecule has 1 aliphatic heterocycles. The Labute approximate surface area is 139 Å². The van der Waals surface area contributed by atoms with Crippen LogP contribution in [-0.2, 0) is 11.3 Å². The molecule has 4 nitrogen and oxygen atoms in total. The molecule has 0 N–H and O–H groups in total. The van der Waals surface area contributed by atoms with Gasteiger partial charge in [-0.25, -0.2) is 4.79 Å². The lowest BCUT2D eigenvalue weighted by atomic mass is 10.2. The fourth-order valence-corrected chi connectivity index (χ4v) is 3.83. The van der Waals surface area contributed by atoms with Gasteiger partial charge in [-0.05, 0) is 49.7 Å². The molecular weight excluding hydrogens is 352 g/mol. The SMILES string of the molecule is CC1CN(C(=O)OC(C)(C)C)CCN1Cc1cc(Br)cs1. The average Bonchev–Trinajstić information content (AvgIpc) is 2.75. The van der Waals surface area contributed by atoms with E-state index in [9.17, 15) is 4.79 Å². The number of carbonyl (C=O) groups excluding carboxylic acids is 1. The van der Waals surface area contributed by atoms with Gasteiger partial charge in [-0.3, -0.25) is 4.90 Å². The predicted octanol–water partition coefficient (Wildman–Crippen LogP) is 3.95. The van der Waals surface area contributed by atoms with Crippen molar-refractivity contribution in [1.29, 1.82) is 0 Å². The largest absolute Gasteiger partial charge is 0.444 e. The van der Waals surface area contributed by atoms with Gasteiger partial charge >= 0.3 is 6.09 Å². The van der Waals surface area contributed by atoms with Gasteiger partial charge < -0.3 is 9.64 Å². The van der Waals surface area contributed by atoms with Crippen LogP contribution in [0.4, 0.5) is 4.79 Å². The molecule has 2 rings (SSSR count). The normalized spacial score (nSPS) is 20.6. The van der Waals surface area contributed by atoms with E-state index in [1.54, 1.807) is 11.3 Å². The van der Waals surface area contributed by atoms with Crippen LogP contribution in [0.1, 0.15) is 32.6 Å². The zero-order valence-electron chi connectivity index (χ0n) is 13.1. The van der Waals surface area contributed by atoms with E-state index in [2.05, 4.69) is 39.2 Å². The molecule has 1 amide bonds. The number of carbonyl (C=O) groups is 1. The third-order valence-corrected chi connectivity index (χ3v) is 5.08. The molecule has 0 spiro atoms. The highest BCUT2D eigenvalue weighted by molar-refractivity contribution is 9.10. The monoisotopic (exact) mass is 374 g/mol. The van der Waals surface area contributed by atoms with Crippen LogP contribution in [-0.4, -0.2) is 47.2 Å². The van der Waals surface area contributed by atoms with Gasteiger partial charge in [0.1, 0.15) is 5.60 Å². The summed E-state index contributed by atoms with van der Waals surface area (Å²) in [6.07, 6.45) is -0.201. The van der Waals surface area contributed by atoms with Gasteiger partial charge in [0.15, 0.2) is 0 Å². The molecule has 1 saturated heterocycles. The first kappa shape index (κ1) is 16.8. The van der Waals surface area contributed by atoms with Gasteiger partial charge in [0.2, 0.25) is 0 Å². The standard InChI is InChI=1S/C15H23BrN2O2S/c1-11-8-18(14(19)20-15(2,3)4)6-5-17(11)9-13-7-12(16)10-21-13/h7,10-11H,5-6,8-9H2,1-4H3. The van der Waals surface area contributed by atoms with Crippen LogP contribution in [0, 0.1) is 0 Å². The molecule has 0 radical (unpaired) electrons. The Morgan fingerprint density at radius 1 is 1.48 bits per heavy atom. The van der Waals surface area contributed by atoms with E-state index in [1.807, 2.05) is 25.7 Å². The summed E-state index contributed by atoms with van der Waals surface area (Å²) in [5.74, 6) is 0. The Morgan fingerprint density at radius 3 is 2.71 bits per heavy atom. The smallest absolute Gasteiger partial charge is 0.410 e. The lowest BCUT2D eigenvalue weighted by Crippen LogP contribution is -2.53. The Kier molecular flexibility index (Phi) is 5.33. The van der Waals surface area contributed by atoms with Gasteiger partial charge in [-0.15, -0.1) is 11.3 Å². The van der Waals surface area contributed by atoms with Gasteiger partial charge in [0.25, 0.3) is 0 Å². The van der Waals surface area contributed by atoms with E-state index >= 15 is 0 Å². The maximum atomic E-state index is 12.1. The summed E-state index contributed by atoms with van der Waals surface area (Å²) in [6.45, 7) is 11.2. The number of hydrogen-bond acceptors (Lipinski definition) is 4. The average molecular weight is 375 g/mol. The van der Waals surface area contributed by atoms with Crippen molar-refractivity contribution in [1.82, 2.24) is 9.80 Å². The Bertz CT molecular complexity index is 498. The van der Waals surface area contributed by atoms with Crippen molar-refractivity contribution in [2.75, 3.05) is 19.6 Å². The number of ether oxygens (including phenoxy) is 1. The summed E-state index contributed by atoms with van der Waals surface area (Å²) in [5.41, 5.74) is -0.430. The van der Waals surface area contributed by atoms with Crippen LogP contribution in [0.2, 0.25) is 0 Å². The van der Waals surface area contributed by atoms with E-state index in [0.717, 1.165) is 30.7 Å². The van der Waals surface area contributed by atoms with E-state index in [1.165, 1.54) is 4.88 Å². The van der Waals surface area contributed by atoms with Crippen molar-refractivity contribution in [3.05, 3.63) is 20.8 Å². The minimum atomic E-state index is -0.430. The molecule has 0 saturated carbocycles. The van der Waals surface area contributed by atoms with Crippen molar-refractivity contribution >= 4 is 33.4 Å². The molecule has 118 valence electrons. The van der Waals surface area contributed by atoms with E-state index in [-0.39, 0.29) is 6.09 Å². The number of hydrogen-bond donors (Lipinski definition) is 0. The molecule has 1 unspecified atom stereocenters. The molecule has 1 aromatic rings. The first-order valence-corrected chi connectivity index (χ1v) is 8.87. The number of amides is 1. The Morgan fingerprint density at radius 2 is 2.19 bits per heavy atom. The molecule has 21 heavy (non-hydrogen) atoms. The van der Waals surface area contributed by atoms with Crippen LogP contribution in [0.3, 0.4) is 0 Å². The third-order valence-electron chi connectivity index (χ3n) is 3.40. The zero-order valence-corrected chi connectivity index (χ0v) is 15.5. The highest BCUT2D eigenvalue weighted by Crippen LogP contribution is 2.23. The Hall–Kier alpha value is -0.590. The summed E-state index contributed by atoms with van der Waals surface area (Å²) in [7, 11) is 0. The third kappa shape index (κ3) is 4.97. The van der Waals surface area contributed by atoms with Crippen LogP contribution in [0.5, 0.6) is 0 Å². The summed E-state index contributed by atoms with van der Waals surface area (Å²) in [4.78, 5) is 17.7. The van der Waals surface area contributed by atoms with Crippen molar-refractivity contribution < 1.29 is 9.53 Å². The van der Waals surface area contributed by atoms with Crippen molar-refractivity contribution in [2.45, 2.75) is 45.9 Å². The Balaban J connectivity index is 1.88. The molecular formula is C15H23BrN2O2S. The van der Waals surface area contributed by atoms with Gasteiger partial charge in [-0.1, -0.05) is 0 Å². The second kappa shape index (κ2) is 6.67. The lowest BCUT2D eigenvalue weighted by Gasteiger charge is -2.40. The minimum Gasteiger partial charge on any atom is -0.444 e. The molecule has 2 heterocycles. The molecule has 0 aliphatic carbocycles. The summed E-state index contributed by atoms with van der Waals surface area (Å²) in [5, 5.41) is 2.11. The molecule has 1 atom stereocenters. The minimum absolute atomic E-state index is 0.201. The number of nitrogens with zero attached hydrogens (tertiary/aromatic N) is 2. The highest BCUT2D eigenvalue weighted by atomic mass is 79.9. The molecule has 1 aliphatic rings. The molecule has 6 heteroatoms. The number of thiophene rings is 1. The van der Waals surface area contributed by atoms with Crippen molar-refractivity contribution in [3.8, 4) is 0 Å². The van der Waals surface area contributed by atoms with Crippen LogP contribution in [0.15, 0.2) is 15.9 Å². The number of halogens is 1. The summed E-state index contributed by atoms with van der Waals surface area (Å²) >= 11 is 5.26. The van der Waals surface area contributed by atoms with Gasteiger partial charge in [0.05, 0.1) is 0 Å². The number of piperazine rings is 1. The van der Waals surface area contributed by atoms with E-state index in [4.69, 9.17) is 4.74 Å². The molecule has 1 aromatic heterocycles. The van der Waals surface area contributed by atoms with Crippen molar-refractivity contribution in [2.24, 2.45) is 0 Å². The molecule has 0 aromatic carbocycles. The second-order valence-corrected chi connectivity index (χ2v) is 8.39. The topological polar surface area (TPSA) is 32.8 Å². The second-order valence-electron chi connectivity index (χ2n) is 6.48. The predicted molar refractivity (Wildman–Crippen MR) is 89.7 cm³/mol. The van der Waals surface area contributed by atoms with Crippen LogP contribution in [0.25, 0.3) is 0 Å². The van der Waals surface area contributed by atoms with E-state index < -0.39 is 5.60 Å². The zero-order chi connectivity index (χ0) is 15.6. The molecule has 1 fully saturated rings. The first-order valence-electron chi connectivity index (χ1n) is 7.19. The van der Waals surface area contributed by atoms with Crippen molar-refractivity contribution in [3.63, 3.8) is 0 Å². The first-order chi connectivity index (χ1) is 9.74. The van der Waals surface area contributed by atoms with E-state index in [0.29, 0.717) is 6.04 Å². The fraction of sp³-hybridized carbons (Fsp3) is 0.667. The maximum absolute atomic E-state index is 12.1. The number of rotatable bonds is 2. The fourth-order valence-electron chi connectivity index (χ4n) is 2.36. The summed E-state index contributed by atoms with van der Waals surface area (Å²) < 4.78 is 6.59. The quantitative estimate of drug-likeness (QED) is 0.785. The molecule has 0 bridgehead atoms. The van der Waals surface area contributed by atoms with Gasteiger partial charge in [-0.2, -0.15) is 0 Å². The van der Waals surface area contributed by atoms with Crippen LogP contribution < -0.4 is 0 Å². The summed E-state index contributed by atoms with van der Waals surface area (Å²) in [6, 6.07) is 2.50. The maximum Gasteiger partial charge on any atom is 0.410 e. The highest BCUT2D eigenvalue weighted by Gasteiger charge is 2.29.